The highest BCUT2D eigenvalue weighted by Crippen LogP contribution is 2.32. The van der Waals surface area contributed by atoms with Gasteiger partial charge in [-0.3, -0.25) is 4.31 Å². The van der Waals surface area contributed by atoms with E-state index in [4.69, 9.17) is 0 Å². The van der Waals surface area contributed by atoms with Gasteiger partial charge in [-0.25, -0.2) is 21.6 Å². The van der Waals surface area contributed by atoms with Crippen molar-refractivity contribution >= 4 is 25.7 Å². The standard InChI is InChI=1S/C25H27F3N2O4S2/c1-19-5-13-23(14-6-19)35(31,32)29-17-3-4-18-30(22-11-9-21(10-12-22)25(26,27)28)36(33,34)24-15-7-20(2)8-16-24/h5-16,29H,3-4,17-18H2,1-2H3. The van der Waals surface area contributed by atoms with E-state index in [-0.39, 0.29) is 35.0 Å². The van der Waals surface area contributed by atoms with Gasteiger partial charge in [0.2, 0.25) is 10.0 Å². The number of sulfonamides is 2. The maximum atomic E-state index is 13.4. The highest BCUT2D eigenvalue weighted by molar-refractivity contribution is 7.92. The molecule has 3 aromatic rings. The molecule has 0 saturated heterocycles. The molecule has 1 N–H and O–H groups in total. The van der Waals surface area contributed by atoms with Gasteiger partial charge in [0.1, 0.15) is 0 Å². The van der Waals surface area contributed by atoms with Crippen LogP contribution in [0.2, 0.25) is 0 Å². The molecule has 0 heterocycles. The number of alkyl halides is 3. The third kappa shape index (κ3) is 6.86. The number of unbranched alkanes of at least 4 members (excludes halogenated alkanes) is 1. The smallest absolute Gasteiger partial charge is 0.266 e. The molecule has 11 heteroatoms. The van der Waals surface area contributed by atoms with E-state index in [2.05, 4.69) is 4.72 Å². The van der Waals surface area contributed by atoms with Gasteiger partial charge in [-0.15, -0.1) is 0 Å². The van der Waals surface area contributed by atoms with E-state index in [1.807, 2.05) is 13.8 Å². The Labute approximate surface area is 209 Å². The van der Waals surface area contributed by atoms with Crippen LogP contribution in [0.15, 0.2) is 82.6 Å². The van der Waals surface area contributed by atoms with Gasteiger partial charge < -0.3 is 0 Å². The number of anilines is 1. The van der Waals surface area contributed by atoms with E-state index in [0.29, 0.717) is 6.42 Å². The fourth-order valence-electron chi connectivity index (χ4n) is 3.43. The van der Waals surface area contributed by atoms with E-state index in [1.54, 1.807) is 24.3 Å². The van der Waals surface area contributed by atoms with E-state index >= 15 is 0 Å². The predicted octanol–water partition coefficient (Wildman–Crippen LogP) is 5.28. The van der Waals surface area contributed by atoms with Gasteiger partial charge in [-0.05, 0) is 75.2 Å². The van der Waals surface area contributed by atoms with Gasteiger partial charge in [0.05, 0.1) is 21.0 Å². The summed E-state index contributed by atoms with van der Waals surface area (Å²) < 4.78 is 94.1. The molecule has 0 unspecified atom stereocenters. The Hall–Kier alpha value is -2.89. The molecule has 0 radical (unpaired) electrons. The lowest BCUT2D eigenvalue weighted by atomic mass is 10.2. The quantitative estimate of drug-likeness (QED) is 0.355. The third-order valence-electron chi connectivity index (χ3n) is 5.50. The number of nitrogens with one attached hydrogen (secondary N) is 1. The molecule has 0 spiro atoms. The van der Waals surface area contributed by atoms with E-state index in [1.165, 1.54) is 24.3 Å². The van der Waals surface area contributed by atoms with Crippen LogP contribution in [0.25, 0.3) is 0 Å². The highest BCUT2D eigenvalue weighted by atomic mass is 32.2. The summed E-state index contributed by atoms with van der Waals surface area (Å²) in [5.74, 6) is 0. The molecule has 3 aromatic carbocycles. The average Bonchev–Trinajstić information content (AvgIpc) is 2.81. The second-order valence-corrected chi connectivity index (χ2v) is 12.0. The first-order valence-corrected chi connectivity index (χ1v) is 14.1. The summed E-state index contributed by atoms with van der Waals surface area (Å²) in [4.78, 5) is 0.134. The predicted molar refractivity (Wildman–Crippen MR) is 133 cm³/mol. The van der Waals surface area contributed by atoms with Gasteiger partial charge in [0.25, 0.3) is 10.0 Å². The van der Waals surface area contributed by atoms with E-state index < -0.39 is 31.8 Å². The molecule has 0 aliphatic carbocycles. The molecule has 0 bridgehead atoms. The van der Waals surface area contributed by atoms with Gasteiger partial charge >= 0.3 is 6.18 Å². The largest absolute Gasteiger partial charge is 0.416 e. The molecule has 0 fully saturated rings. The molecule has 0 aliphatic rings. The molecule has 0 atom stereocenters. The first-order chi connectivity index (χ1) is 16.8. The first-order valence-electron chi connectivity index (χ1n) is 11.1. The summed E-state index contributed by atoms with van der Waals surface area (Å²) in [6, 6.07) is 16.4. The monoisotopic (exact) mass is 540 g/mol. The van der Waals surface area contributed by atoms with Crippen LogP contribution < -0.4 is 9.03 Å². The maximum Gasteiger partial charge on any atom is 0.416 e. The number of hydrogen-bond donors (Lipinski definition) is 1. The fraction of sp³-hybridized carbons (Fsp3) is 0.280. The van der Waals surface area contributed by atoms with Crippen molar-refractivity contribution in [2.24, 2.45) is 0 Å². The molecular formula is C25H27F3N2O4S2. The van der Waals surface area contributed by atoms with Crippen LogP contribution >= 0.6 is 0 Å². The number of aryl methyl sites for hydroxylation is 2. The minimum absolute atomic E-state index is 0.00747. The zero-order chi connectivity index (χ0) is 26.6. The van der Waals surface area contributed by atoms with Crippen molar-refractivity contribution in [1.82, 2.24) is 4.72 Å². The van der Waals surface area contributed by atoms with Crippen molar-refractivity contribution in [3.8, 4) is 0 Å². The second kappa shape index (κ2) is 11.0. The molecule has 0 aromatic heterocycles. The van der Waals surface area contributed by atoms with Crippen molar-refractivity contribution < 1.29 is 30.0 Å². The van der Waals surface area contributed by atoms with Crippen LogP contribution in [0.1, 0.15) is 29.5 Å². The number of hydrogen-bond acceptors (Lipinski definition) is 4. The lowest BCUT2D eigenvalue weighted by molar-refractivity contribution is -0.137. The molecule has 36 heavy (non-hydrogen) atoms. The van der Waals surface area contributed by atoms with Crippen molar-refractivity contribution in [2.75, 3.05) is 17.4 Å². The highest BCUT2D eigenvalue weighted by Gasteiger charge is 2.31. The SMILES string of the molecule is Cc1ccc(S(=O)(=O)NCCCCN(c2ccc(C(F)(F)F)cc2)S(=O)(=O)c2ccc(C)cc2)cc1. The summed E-state index contributed by atoms with van der Waals surface area (Å²) in [7, 11) is -7.78. The Balaban J connectivity index is 1.74. The van der Waals surface area contributed by atoms with Crippen molar-refractivity contribution in [1.29, 1.82) is 0 Å². The van der Waals surface area contributed by atoms with Crippen LogP contribution in [0.4, 0.5) is 18.9 Å². The Morgan fingerprint density at radius 2 is 1.22 bits per heavy atom. The molecule has 3 rings (SSSR count). The summed E-state index contributed by atoms with van der Waals surface area (Å²) in [5, 5.41) is 0. The molecular weight excluding hydrogens is 513 g/mol. The minimum atomic E-state index is -4.55. The molecule has 0 aliphatic heterocycles. The van der Waals surface area contributed by atoms with Gasteiger partial charge in [-0.2, -0.15) is 13.2 Å². The van der Waals surface area contributed by atoms with Crippen LogP contribution in [0, 0.1) is 13.8 Å². The Bertz CT molecular complexity index is 1370. The van der Waals surface area contributed by atoms with Gasteiger partial charge in [0, 0.05) is 13.1 Å². The lowest BCUT2D eigenvalue weighted by Crippen LogP contribution is -2.33. The van der Waals surface area contributed by atoms with Crippen LogP contribution in [-0.4, -0.2) is 29.9 Å². The van der Waals surface area contributed by atoms with Crippen molar-refractivity contribution in [2.45, 2.75) is 42.7 Å². The fourth-order valence-corrected chi connectivity index (χ4v) is 6.01. The maximum absolute atomic E-state index is 13.4. The van der Waals surface area contributed by atoms with Crippen molar-refractivity contribution in [3.63, 3.8) is 0 Å². The van der Waals surface area contributed by atoms with Crippen LogP contribution in [-0.2, 0) is 26.2 Å². The Kier molecular flexibility index (Phi) is 8.48. The minimum Gasteiger partial charge on any atom is -0.266 e. The van der Waals surface area contributed by atoms with Crippen LogP contribution in [0.5, 0.6) is 0 Å². The van der Waals surface area contributed by atoms with Crippen LogP contribution in [0.3, 0.4) is 0 Å². The summed E-state index contributed by atoms with van der Waals surface area (Å²) in [6.45, 7) is 3.67. The zero-order valence-electron chi connectivity index (χ0n) is 19.8. The van der Waals surface area contributed by atoms with Gasteiger partial charge in [0.15, 0.2) is 0 Å². The molecule has 0 amide bonds. The van der Waals surface area contributed by atoms with Gasteiger partial charge in [-0.1, -0.05) is 35.4 Å². The molecule has 194 valence electrons. The lowest BCUT2D eigenvalue weighted by Gasteiger charge is -2.25. The first kappa shape index (κ1) is 27.7. The second-order valence-electron chi connectivity index (χ2n) is 8.35. The normalized spacial score (nSPS) is 12.5. The number of halogens is 3. The summed E-state index contributed by atoms with van der Waals surface area (Å²) in [5.41, 5.74) is 0.983. The Morgan fingerprint density at radius 3 is 1.72 bits per heavy atom. The molecule has 0 saturated carbocycles. The number of nitrogens with zero attached hydrogens (tertiary/aromatic N) is 1. The summed E-state index contributed by atoms with van der Waals surface area (Å²) in [6.07, 6.45) is -3.97. The molecule has 6 nitrogen and oxygen atoms in total. The number of rotatable bonds is 10. The topological polar surface area (TPSA) is 83.6 Å². The van der Waals surface area contributed by atoms with E-state index in [0.717, 1.165) is 39.7 Å². The Morgan fingerprint density at radius 1 is 0.722 bits per heavy atom. The average molecular weight is 541 g/mol. The van der Waals surface area contributed by atoms with Crippen molar-refractivity contribution in [3.05, 3.63) is 89.5 Å². The third-order valence-corrected chi connectivity index (χ3v) is 8.82. The van der Waals surface area contributed by atoms with E-state index in [9.17, 15) is 30.0 Å². The zero-order valence-corrected chi connectivity index (χ0v) is 21.4. The summed E-state index contributed by atoms with van der Waals surface area (Å²) >= 11 is 0. The number of benzene rings is 3.